The zero-order valence-electron chi connectivity index (χ0n) is 12.1. The number of tetrazole rings is 1. The van der Waals surface area contributed by atoms with Crippen LogP contribution in [0.3, 0.4) is 0 Å². The predicted octanol–water partition coefficient (Wildman–Crippen LogP) is 1.57. The van der Waals surface area contributed by atoms with E-state index in [1.807, 2.05) is 29.8 Å². The Morgan fingerprint density at radius 1 is 1.36 bits per heavy atom. The minimum absolute atomic E-state index is 0.200. The smallest absolute Gasteiger partial charge is 0.253 e. The second-order valence-corrected chi connectivity index (χ2v) is 5.50. The number of rotatable bonds is 4. The average molecular weight is 314 g/mol. The molecule has 0 unspecified atom stereocenters. The summed E-state index contributed by atoms with van der Waals surface area (Å²) in [4.78, 5) is 18.1. The van der Waals surface area contributed by atoms with Crippen molar-refractivity contribution in [2.45, 2.75) is 13.5 Å². The molecule has 22 heavy (non-hydrogen) atoms. The van der Waals surface area contributed by atoms with Crippen LogP contribution in [-0.2, 0) is 13.6 Å². The summed E-state index contributed by atoms with van der Waals surface area (Å²) in [6.07, 6.45) is 0. The lowest BCUT2D eigenvalue weighted by atomic mass is 10.1. The minimum Gasteiger partial charge on any atom is -0.345 e. The van der Waals surface area contributed by atoms with E-state index in [1.165, 1.54) is 4.80 Å². The average Bonchev–Trinajstić information content (AvgIpc) is 3.16. The lowest BCUT2D eigenvalue weighted by Crippen LogP contribution is -2.24. The maximum Gasteiger partial charge on any atom is 0.253 e. The molecule has 0 aromatic carbocycles. The Labute approximate surface area is 131 Å². The maximum absolute atomic E-state index is 12.2. The number of amides is 1. The molecule has 0 fully saturated rings. The topological polar surface area (TPSA) is 85.6 Å². The maximum atomic E-state index is 12.2. The Kier molecular flexibility index (Phi) is 3.92. The van der Waals surface area contributed by atoms with Gasteiger partial charge in [-0.1, -0.05) is 0 Å². The lowest BCUT2D eigenvalue weighted by Gasteiger charge is -2.07. The highest BCUT2D eigenvalue weighted by molar-refractivity contribution is 7.08. The van der Waals surface area contributed by atoms with Crippen molar-refractivity contribution < 1.29 is 4.79 Å². The van der Waals surface area contributed by atoms with Gasteiger partial charge in [-0.05, 0) is 35.7 Å². The fourth-order valence-corrected chi connectivity index (χ4v) is 2.67. The summed E-state index contributed by atoms with van der Waals surface area (Å²) in [5.41, 5.74) is 3.16. The first-order valence-electron chi connectivity index (χ1n) is 6.65. The lowest BCUT2D eigenvalue weighted by molar-refractivity contribution is 0.0949. The third-order valence-corrected chi connectivity index (χ3v) is 3.79. The first kappa shape index (κ1) is 14.3. The molecule has 112 valence electrons. The molecule has 0 aliphatic rings. The van der Waals surface area contributed by atoms with Crippen molar-refractivity contribution in [2.75, 3.05) is 0 Å². The number of nitrogens with one attached hydrogen (secondary N) is 1. The zero-order valence-corrected chi connectivity index (χ0v) is 13.0. The monoisotopic (exact) mass is 314 g/mol. The fourth-order valence-electron chi connectivity index (χ4n) is 2.02. The molecule has 3 aromatic heterocycles. The highest BCUT2D eigenvalue weighted by Crippen LogP contribution is 2.21. The number of hydrogen-bond acceptors (Lipinski definition) is 6. The van der Waals surface area contributed by atoms with Gasteiger partial charge in [0.05, 0.1) is 30.5 Å². The van der Waals surface area contributed by atoms with Crippen LogP contribution >= 0.6 is 11.3 Å². The van der Waals surface area contributed by atoms with Gasteiger partial charge in [-0.15, -0.1) is 10.2 Å². The molecule has 0 aliphatic carbocycles. The van der Waals surface area contributed by atoms with E-state index < -0.39 is 0 Å². The molecule has 7 nitrogen and oxygen atoms in total. The van der Waals surface area contributed by atoms with E-state index in [-0.39, 0.29) is 12.5 Å². The van der Waals surface area contributed by atoms with Crippen molar-refractivity contribution in [1.82, 2.24) is 30.5 Å². The van der Waals surface area contributed by atoms with E-state index in [2.05, 4.69) is 25.7 Å². The van der Waals surface area contributed by atoms with Crippen LogP contribution in [0.4, 0.5) is 0 Å². The standard InChI is InChI=1S/C14H14N6OS/c1-9-11(3-4-12(16-9)10-5-6-22-8-10)14(21)15-7-13-17-19-20(2)18-13/h3-6,8H,7H2,1-2H3,(H,15,21). The van der Waals surface area contributed by atoms with Crippen LogP contribution in [0.5, 0.6) is 0 Å². The summed E-state index contributed by atoms with van der Waals surface area (Å²) in [6.45, 7) is 2.06. The highest BCUT2D eigenvalue weighted by Gasteiger charge is 2.12. The van der Waals surface area contributed by atoms with E-state index in [0.717, 1.165) is 11.3 Å². The van der Waals surface area contributed by atoms with Crippen LogP contribution < -0.4 is 5.32 Å². The third kappa shape index (κ3) is 3.01. The van der Waals surface area contributed by atoms with E-state index in [4.69, 9.17) is 0 Å². The molecule has 3 rings (SSSR count). The van der Waals surface area contributed by atoms with Crippen molar-refractivity contribution in [2.24, 2.45) is 7.05 Å². The summed E-state index contributed by atoms with van der Waals surface area (Å²) >= 11 is 1.62. The minimum atomic E-state index is -0.200. The number of thiophene rings is 1. The normalized spacial score (nSPS) is 10.6. The number of aromatic nitrogens is 5. The number of hydrogen-bond donors (Lipinski definition) is 1. The highest BCUT2D eigenvalue weighted by atomic mass is 32.1. The van der Waals surface area contributed by atoms with Gasteiger partial charge in [0.1, 0.15) is 0 Å². The Morgan fingerprint density at radius 3 is 2.86 bits per heavy atom. The van der Waals surface area contributed by atoms with E-state index in [9.17, 15) is 4.79 Å². The summed E-state index contributed by atoms with van der Waals surface area (Å²) < 4.78 is 0. The van der Waals surface area contributed by atoms with E-state index >= 15 is 0 Å². The van der Waals surface area contributed by atoms with Gasteiger partial charge in [-0.3, -0.25) is 9.78 Å². The molecule has 0 radical (unpaired) electrons. The van der Waals surface area contributed by atoms with Gasteiger partial charge in [-0.25, -0.2) is 0 Å². The van der Waals surface area contributed by atoms with Gasteiger partial charge in [-0.2, -0.15) is 16.1 Å². The molecule has 1 N–H and O–H groups in total. The third-order valence-electron chi connectivity index (χ3n) is 3.10. The van der Waals surface area contributed by atoms with Crippen LogP contribution in [0.15, 0.2) is 29.0 Å². The number of carbonyl (C=O) groups excluding carboxylic acids is 1. The predicted molar refractivity (Wildman–Crippen MR) is 82.3 cm³/mol. The number of nitrogens with zero attached hydrogens (tertiary/aromatic N) is 5. The van der Waals surface area contributed by atoms with Crippen molar-refractivity contribution >= 4 is 17.2 Å². The SMILES string of the molecule is Cc1nc(-c2ccsc2)ccc1C(=O)NCc1nnn(C)n1. The molecule has 3 heterocycles. The molecule has 0 bridgehead atoms. The van der Waals surface area contributed by atoms with Crippen LogP contribution in [0, 0.1) is 6.92 Å². The summed E-state index contributed by atoms with van der Waals surface area (Å²) in [7, 11) is 1.68. The van der Waals surface area contributed by atoms with Crippen LogP contribution in [-0.4, -0.2) is 31.1 Å². The van der Waals surface area contributed by atoms with Crippen molar-refractivity contribution in [1.29, 1.82) is 0 Å². The van der Waals surface area contributed by atoms with Crippen molar-refractivity contribution in [3.05, 3.63) is 46.0 Å². The molecule has 0 saturated carbocycles. The quantitative estimate of drug-likeness (QED) is 0.790. The van der Waals surface area contributed by atoms with Gasteiger partial charge in [0.15, 0.2) is 5.82 Å². The molecule has 0 saturated heterocycles. The molecular formula is C14H14N6OS. The second kappa shape index (κ2) is 6.02. The summed E-state index contributed by atoms with van der Waals surface area (Å²) in [5, 5.41) is 18.4. The summed E-state index contributed by atoms with van der Waals surface area (Å²) in [5.74, 6) is 0.269. The van der Waals surface area contributed by atoms with Gasteiger partial charge in [0, 0.05) is 10.9 Å². The Bertz CT molecular complexity index is 796. The number of pyridine rings is 1. The van der Waals surface area contributed by atoms with Gasteiger partial charge in [0.2, 0.25) is 0 Å². The molecule has 8 heteroatoms. The van der Waals surface area contributed by atoms with Crippen LogP contribution in [0.2, 0.25) is 0 Å². The number of aryl methyl sites for hydroxylation is 2. The van der Waals surface area contributed by atoms with Crippen LogP contribution in [0.25, 0.3) is 11.3 Å². The van der Waals surface area contributed by atoms with Gasteiger partial charge >= 0.3 is 0 Å². The fraction of sp³-hybridized carbons (Fsp3) is 0.214. The first-order chi connectivity index (χ1) is 10.6. The van der Waals surface area contributed by atoms with Gasteiger partial charge in [0.25, 0.3) is 5.91 Å². The van der Waals surface area contributed by atoms with Crippen molar-refractivity contribution in [3.8, 4) is 11.3 Å². The van der Waals surface area contributed by atoms with Gasteiger partial charge < -0.3 is 5.32 Å². The molecule has 0 aliphatic heterocycles. The zero-order chi connectivity index (χ0) is 15.5. The molecule has 1 amide bonds. The summed E-state index contributed by atoms with van der Waals surface area (Å²) in [6, 6.07) is 5.64. The number of carbonyl (C=O) groups is 1. The van der Waals surface area contributed by atoms with E-state index in [0.29, 0.717) is 17.1 Å². The van der Waals surface area contributed by atoms with Crippen molar-refractivity contribution in [3.63, 3.8) is 0 Å². The molecular weight excluding hydrogens is 300 g/mol. The largest absolute Gasteiger partial charge is 0.345 e. The van der Waals surface area contributed by atoms with Crippen LogP contribution in [0.1, 0.15) is 21.9 Å². The second-order valence-electron chi connectivity index (χ2n) is 4.72. The Hall–Kier alpha value is -2.61. The Balaban J connectivity index is 1.72. The molecule has 3 aromatic rings. The first-order valence-corrected chi connectivity index (χ1v) is 7.59. The Morgan fingerprint density at radius 2 is 2.23 bits per heavy atom. The molecule has 0 spiro atoms. The van der Waals surface area contributed by atoms with E-state index in [1.54, 1.807) is 24.5 Å². The molecule has 0 atom stereocenters.